The Hall–Kier alpha value is -3.18. The van der Waals surface area contributed by atoms with Gasteiger partial charge in [-0.15, -0.1) is 0 Å². The van der Waals surface area contributed by atoms with Gasteiger partial charge >= 0.3 is 0 Å². The number of anilines is 1. The van der Waals surface area contributed by atoms with Crippen LogP contribution in [0.15, 0.2) is 73.1 Å². The van der Waals surface area contributed by atoms with Crippen LogP contribution in [0.3, 0.4) is 0 Å². The molecule has 1 atom stereocenters. The minimum atomic E-state index is -0.00386. The Balaban J connectivity index is 1.56. The lowest BCUT2D eigenvalue weighted by atomic mass is 9.96. The number of ether oxygens (including phenoxy) is 1. The average Bonchev–Trinajstić information content (AvgIpc) is 2.77. The van der Waals surface area contributed by atoms with E-state index in [1.165, 1.54) is 5.56 Å². The third kappa shape index (κ3) is 4.30. The van der Waals surface area contributed by atoms with Crippen LogP contribution in [0.1, 0.15) is 21.5 Å². The first-order chi connectivity index (χ1) is 14.1. The van der Waals surface area contributed by atoms with Crippen molar-refractivity contribution in [1.29, 1.82) is 0 Å². The zero-order valence-corrected chi connectivity index (χ0v) is 16.8. The van der Waals surface area contributed by atoms with Crippen LogP contribution < -0.4 is 9.64 Å². The van der Waals surface area contributed by atoms with Crippen molar-refractivity contribution >= 4 is 11.6 Å². The van der Waals surface area contributed by atoms with Crippen LogP contribution in [0.2, 0.25) is 0 Å². The van der Waals surface area contributed by atoms with E-state index < -0.39 is 0 Å². The third-order valence-corrected chi connectivity index (χ3v) is 5.32. The molecule has 1 unspecified atom stereocenters. The van der Waals surface area contributed by atoms with Gasteiger partial charge in [0.05, 0.1) is 0 Å². The van der Waals surface area contributed by atoms with Crippen molar-refractivity contribution in [2.75, 3.05) is 25.5 Å². The van der Waals surface area contributed by atoms with E-state index in [9.17, 15) is 4.79 Å². The molecule has 2 heterocycles. The van der Waals surface area contributed by atoms with Crippen LogP contribution in [-0.4, -0.2) is 42.5 Å². The van der Waals surface area contributed by atoms with Crippen molar-refractivity contribution < 1.29 is 9.53 Å². The van der Waals surface area contributed by atoms with Gasteiger partial charge in [-0.05, 0) is 56.4 Å². The molecule has 0 saturated heterocycles. The van der Waals surface area contributed by atoms with E-state index in [1.54, 1.807) is 12.4 Å². The number of para-hydroxylation sites is 1. The minimum Gasteiger partial charge on any atom is -0.489 e. The molecule has 1 aromatic heterocycles. The number of hydrogen-bond acceptors (Lipinski definition) is 4. The fraction of sp³-hybridized carbons (Fsp3) is 0.250. The summed E-state index contributed by atoms with van der Waals surface area (Å²) >= 11 is 0. The molecule has 0 fully saturated rings. The van der Waals surface area contributed by atoms with E-state index in [-0.39, 0.29) is 5.91 Å². The van der Waals surface area contributed by atoms with Gasteiger partial charge in [-0.1, -0.05) is 30.3 Å². The summed E-state index contributed by atoms with van der Waals surface area (Å²) in [7, 11) is 4.13. The second-order valence-electron chi connectivity index (χ2n) is 7.54. The van der Waals surface area contributed by atoms with E-state index in [0.717, 1.165) is 17.7 Å². The first-order valence-electron chi connectivity index (χ1n) is 9.80. The molecule has 148 valence electrons. The fourth-order valence-electron chi connectivity index (χ4n) is 3.64. The first-order valence-corrected chi connectivity index (χ1v) is 9.80. The number of likely N-dealkylation sites (N-methyl/N-ethyl adjacent to an activating group) is 1. The van der Waals surface area contributed by atoms with Gasteiger partial charge < -0.3 is 14.5 Å². The lowest BCUT2D eigenvalue weighted by Crippen LogP contribution is -2.48. The van der Waals surface area contributed by atoms with Gasteiger partial charge in [0.25, 0.3) is 5.91 Å². The summed E-state index contributed by atoms with van der Waals surface area (Å²) < 4.78 is 5.88. The molecule has 0 N–H and O–H groups in total. The summed E-state index contributed by atoms with van der Waals surface area (Å²) in [6, 6.07) is 19.7. The second kappa shape index (κ2) is 8.45. The average molecular weight is 387 g/mol. The van der Waals surface area contributed by atoms with Crippen molar-refractivity contribution in [3.8, 4) is 5.75 Å². The number of amides is 1. The summed E-state index contributed by atoms with van der Waals surface area (Å²) in [5.41, 5.74) is 3.82. The van der Waals surface area contributed by atoms with E-state index in [1.807, 2.05) is 59.5 Å². The summed E-state index contributed by atoms with van der Waals surface area (Å²) in [4.78, 5) is 21.6. The van der Waals surface area contributed by atoms with Crippen LogP contribution >= 0.6 is 0 Å². The number of nitrogens with zero attached hydrogens (tertiary/aromatic N) is 3. The summed E-state index contributed by atoms with van der Waals surface area (Å²) in [6.45, 7) is 1.09. The predicted molar refractivity (Wildman–Crippen MR) is 114 cm³/mol. The summed E-state index contributed by atoms with van der Waals surface area (Å²) in [5.74, 6) is 0.671. The van der Waals surface area contributed by atoms with Crippen LogP contribution in [-0.2, 0) is 13.0 Å². The predicted octanol–water partition coefficient (Wildman–Crippen LogP) is 3.79. The molecule has 0 spiro atoms. The molecule has 3 aromatic rings. The number of benzene rings is 2. The Morgan fingerprint density at radius 3 is 2.79 bits per heavy atom. The van der Waals surface area contributed by atoms with E-state index in [4.69, 9.17) is 4.74 Å². The number of fused-ring (bicyclic) bond motifs is 1. The van der Waals surface area contributed by atoms with Crippen LogP contribution in [0.5, 0.6) is 5.75 Å². The molecular formula is C24H25N3O2. The second-order valence-corrected chi connectivity index (χ2v) is 7.54. The van der Waals surface area contributed by atoms with Crippen molar-refractivity contribution in [2.24, 2.45) is 0 Å². The SMILES string of the molecule is CN(C)C1Cc2ccccc2N(C(=O)c2cccc(OCc3cccnc3)c2)C1. The van der Waals surface area contributed by atoms with Gasteiger partial charge in [0, 0.05) is 41.8 Å². The Bertz CT molecular complexity index is 988. The number of aromatic nitrogens is 1. The Kier molecular flexibility index (Phi) is 5.58. The van der Waals surface area contributed by atoms with Crippen molar-refractivity contribution in [3.63, 3.8) is 0 Å². The highest BCUT2D eigenvalue weighted by molar-refractivity contribution is 6.07. The lowest BCUT2D eigenvalue weighted by Gasteiger charge is -2.37. The van der Waals surface area contributed by atoms with E-state index in [0.29, 0.717) is 30.5 Å². The van der Waals surface area contributed by atoms with Crippen LogP contribution in [0, 0.1) is 0 Å². The highest BCUT2D eigenvalue weighted by Crippen LogP contribution is 2.30. The molecule has 1 aliphatic heterocycles. The molecule has 0 aliphatic carbocycles. The fourth-order valence-corrected chi connectivity index (χ4v) is 3.64. The van der Waals surface area contributed by atoms with E-state index >= 15 is 0 Å². The van der Waals surface area contributed by atoms with E-state index in [2.05, 4.69) is 30.0 Å². The molecular weight excluding hydrogens is 362 g/mol. The largest absolute Gasteiger partial charge is 0.489 e. The molecule has 1 aliphatic rings. The Labute approximate surface area is 171 Å². The molecule has 5 heteroatoms. The van der Waals surface area contributed by atoms with Crippen molar-refractivity contribution in [1.82, 2.24) is 9.88 Å². The Morgan fingerprint density at radius 1 is 1.14 bits per heavy atom. The first kappa shape index (κ1) is 19.2. The molecule has 5 nitrogen and oxygen atoms in total. The van der Waals surface area contributed by atoms with Gasteiger partial charge in [-0.25, -0.2) is 0 Å². The lowest BCUT2D eigenvalue weighted by molar-refractivity contribution is 0.0975. The molecule has 4 rings (SSSR count). The zero-order valence-electron chi connectivity index (χ0n) is 16.8. The molecule has 2 aromatic carbocycles. The normalized spacial score (nSPS) is 15.8. The van der Waals surface area contributed by atoms with Crippen LogP contribution in [0.4, 0.5) is 5.69 Å². The number of carbonyl (C=O) groups excluding carboxylic acids is 1. The van der Waals surface area contributed by atoms with Gasteiger partial charge in [0.2, 0.25) is 0 Å². The third-order valence-electron chi connectivity index (χ3n) is 5.32. The highest BCUT2D eigenvalue weighted by atomic mass is 16.5. The maximum Gasteiger partial charge on any atom is 0.258 e. The minimum absolute atomic E-state index is 0.00386. The zero-order chi connectivity index (χ0) is 20.2. The molecule has 1 amide bonds. The quantitative estimate of drug-likeness (QED) is 0.668. The van der Waals surface area contributed by atoms with Gasteiger partial charge in [0.15, 0.2) is 0 Å². The Morgan fingerprint density at radius 2 is 2.00 bits per heavy atom. The molecule has 0 bridgehead atoms. The van der Waals surface area contributed by atoms with Crippen molar-refractivity contribution in [3.05, 3.63) is 89.7 Å². The number of carbonyl (C=O) groups is 1. The smallest absolute Gasteiger partial charge is 0.258 e. The molecule has 0 saturated carbocycles. The van der Waals surface area contributed by atoms with Gasteiger partial charge in [-0.3, -0.25) is 9.78 Å². The standard InChI is InChI=1S/C24H25N3O2/c1-26(2)21-13-19-8-3-4-11-23(19)27(16-21)24(28)20-9-5-10-22(14-20)29-17-18-7-6-12-25-15-18/h3-12,14-15,21H,13,16-17H2,1-2H3. The monoisotopic (exact) mass is 387 g/mol. The summed E-state index contributed by atoms with van der Waals surface area (Å²) in [5, 5.41) is 0. The number of pyridine rings is 1. The maximum atomic E-state index is 13.4. The summed E-state index contributed by atoms with van der Waals surface area (Å²) in [6.07, 6.45) is 4.46. The number of hydrogen-bond donors (Lipinski definition) is 0. The maximum absolute atomic E-state index is 13.4. The van der Waals surface area contributed by atoms with Gasteiger partial charge in [0.1, 0.15) is 12.4 Å². The molecule has 0 radical (unpaired) electrons. The van der Waals surface area contributed by atoms with Gasteiger partial charge in [-0.2, -0.15) is 0 Å². The topological polar surface area (TPSA) is 45.7 Å². The van der Waals surface area contributed by atoms with Crippen LogP contribution in [0.25, 0.3) is 0 Å². The highest BCUT2D eigenvalue weighted by Gasteiger charge is 2.30. The molecule has 29 heavy (non-hydrogen) atoms. The number of rotatable bonds is 5. The van der Waals surface area contributed by atoms with Crippen molar-refractivity contribution in [2.45, 2.75) is 19.1 Å².